The summed E-state index contributed by atoms with van der Waals surface area (Å²) < 4.78 is 31.5. The first-order valence-electron chi connectivity index (χ1n) is 9.53. The van der Waals surface area contributed by atoms with E-state index in [4.69, 9.17) is 4.74 Å². The minimum Gasteiger partial charge on any atom is -0.385 e. The number of likely N-dealkylation sites (tertiary alicyclic amines) is 1. The van der Waals surface area contributed by atoms with Crippen LogP contribution in [-0.4, -0.2) is 68.0 Å². The van der Waals surface area contributed by atoms with Gasteiger partial charge < -0.3 is 9.64 Å². The maximum absolute atomic E-state index is 13.0. The molecule has 9 heteroatoms. The number of H-pyrrole nitrogens is 1. The summed E-state index contributed by atoms with van der Waals surface area (Å²) >= 11 is 0. The molecule has 1 aliphatic heterocycles. The Labute approximate surface area is 171 Å². The Bertz CT molecular complexity index is 1000. The number of sulfonamides is 1. The maximum atomic E-state index is 13.0. The lowest BCUT2D eigenvalue weighted by molar-refractivity contribution is 0.0769. The first-order chi connectivity index (χ1) is 13.6. The first-order valence-corrected chi connectivity index (χ1v) is 11.4. The number of hydrogen-bond acceptors (Lipinski definition) is 5. The number of benzene rings is 1. The van der Waals surface area contributed by atoms with Gasteiger partial charge in [0.1, 0.15) is 5.69 Å². The molecule has 2 aromatic rings. The number of carbonyl (C=O) groups excluding carboxylic acids is 1. The number of carbonyl (C=O) groups is 1. The average Bonchev–Trinajstić information content (AvgIpc) is 3.28. The zero-order chi connectivity index (χ0) is 21.2. The van der Waals surface area contributed by atoms with E-state index in [1.807, 2.05) is 32.0 Å². The molecular weight excluding hydrogens is 392 g/mol. The number of aromatic amines is 1. The minimum atomic E-state index is -3.41. The van der Waals surface area contributed by atoms with Gasteiger partial charge in [-0.25, -0.2) is 13.1 Å². The maximum Gasteiger partial charge on any atom is 0.271 e. The molecule has 2 N–H and O–H groups in total. The fourth-order valence-corrected chi connectivity index (χ4v) is 4.78. The zero-order valence-corrected chi connectivity index (χ0v) is 18.1. The summed E-state index contributed by atoms with van der Waals surface area (Å²) in [7, 11) is -1.84. The Morgan fingerprint density at radius 2 is 2.07 bits per heavy atom. The van der Waals surface area contributed by atoms with Gasteiger partial charge in [0.25, 0.3) is 5.91 Å². The number of hydrogen-bond donors (Lipinski definition) is 2. The van der Waals surface area contributed by atoms with Gasteiger partial charge in [-0.2, -0.15) is 5.10 Å². The molecule has 158 valence electrons. The van der Waals surface area contributed by atoms with Gasteiger partial charge in [-0.3, -0.25) is 9.89 Å². The number of aromatic nitrogens is 2. The number of methoxy groups -OCH3 is 1. The normalized spacial score (nSPS) is 19.7. The van der Waals surface area contributed by atoms with E-state index in [0.717, 1.165) is 17.4 Å². The van der Waals surface area contributed by atoms with E-state index in [1.54, 1.807) is 18.1 Å². The molecule has 1 saturated heterocycles. The summed E-state index contributed by atoms with van der Waals surface area (Å²) in [5.74, 6) is -0.192. The third kappa shape index (κ3) is 5.04. The highest BCUT2D eigenvalue weighted by molar-refractivity contribution is 7.88. The predicted molar refractivity (Wildman–Crippen MR) is 111 cm³/mol. The molecule has 0 radical (unpaired) electrons. The van der Waals surface area contributed by atoms with Crippen molar-refractivity contribution >= 4 is 15.9 Å². The Hall–Kier alpha value is -2.23. The fraction of sp³-hybridized carbons (Fsp3) is 0.500. The first kappa shape index (κ1) is 21.5. The van der Waals surface area contributed by atoms with Crippen molar-refractivity contribution in [2.75, 3.05) is 33.1 Å². The van der Waals surface area contributed by atoms with Gasteiger partial charge in [-0.15, -0.1) is 0 Å². The van der Waals surface area contributed by atoms with Gasteiger partial charge in [0.2, 0.25) is 10.0 Å². The molecule has 1 aromatic heterocycles. The summed E-state index contributed by atoms with van der Waals surface area (Å²) in [6.45, 7) is 5.25. The molecule has 0 bridgehead atoms. The highest BCUT2D eigenvalue weighted by atomic mass is 32.2. The number of amides is 1. The molecule has 29 heavy (non-hydrogen) atoms. The molecule has 1 unspecified atom stereocenters. The van der Waals surface area contributed by atoms with E-state index in [1.165, 1.54) is 5.56 Å². The fourth-order valence-electron chi connectivity index (χ4n) is 3.73. The quantitative estimate of drug-likeness (QED) is 0.712. The molecule has 0 aliphatic carbocycles. The Morgan fingerprint density at radius 3 is 2.72 bits per heavy atom. The Kier molecular flexibility index (Phi) is 6.11. The second kappa shape index (κ2) is 8.25. The van der Waals surface area contributed by atoms with E-state index < -0.39 is 15.6 Å². The van der Waals surface area contributed by atoms with Crippen LogP contribution < -0.4 is 4.72 Å². The monoisotopic (exact) mass is 420 g/mol. The number of rotatable bonds is 7. The summed E-state index contributed by atoms with van der Waals surface area (Å²) in [6.07, 6.45) is 2.17. The molecule has 3 rings (SSSR count). The van der Waals surface area contributed by atoms with Gasteiger partial charge in [0.15, 0.2) is 0 Å². The smallest absolute Gasteiger partial charge is 0.271 e. The van der Waals surface area contributed by atoms with Crippen molar-refractivity contribution in [1.29, 1.82) is 0 Å². The summed E-state index contributed by atoms with van der Waals surface area (Å²) in [5.41, 5.74) is 3.68. The summed E-state index contributed by atoms with van der Waals surface area (Å²) in [4.78, 5) is 14.6. The van der Waals surface area contributed by atoms with Crippen molar-refractivity contribution in [2.24, 2.45) is 0 Å². The van der Waals surface area contributed by atoms with Crippen LogP contribution in [0, 0.1) is 13.8 Å². The molecule has 1 aromatic carbocycles. The molecule has 1 amide bonds. The van der Waals surface area contributed by atoms with Crippen LogP contribution in [0.3, 0.4) is 0 Å². The van der Waals surface area contributed by atoms with Gasteiger partial charge in [0.05, 0.1) is 17.5 Å². The molecule has 1 atom stereocenters. The number of aryl methyl sites for hydroxylation is 2. The van der Waals surface area contributed by atoms with Crippen molar-refractivity contribution in [3.63, 3.8) is 0 Å². The number of nitrogens with zero attached hydrogens (tertiary/aromatic N) is 2. The third-order valence-electron chi connectivity index (χ3n) is 5.44. The van der Waals surface area contributed by atoms with E-state index in [9.17, 15) is 13.2 Å². The van der Waals surface area contributed by atoms with Crippen LogP contribution in [-0.2, 0) is 14.8 Å². The lowest BCUT2D eigenvalue weighted by Crippen LogP contribution is -2.51. The summed E-state index contributed by atoms with van der Waals surface area (Å²) in [6, 6.07) is 7.80. The highest BCUT2D eigenvalue weighted by Gasteiger charge is 2.42. The van der Waals surface area contributed by atoms with E-state index in [-0.39, 0.29) is 5.91 Å². The Morgan fingerprint density at radius 1 is 1.31 bits per heavy atom. The molecule has 0 spiro atoms. The summed E-state index contributed by atoms with van der Waals surface area (Å²) in [5, 5.41) is 7.12. The number of ether oxygens (including phenoxy) is 1. The topological polar surface area (TPSA) is 104 Å². The van der Waals surface area contributed by atoms with E-state index >= 15 is 0 Å². The SMILES string of the molecule is COCCC1(NS(C)(=O)=O)CCN(C(=O)c2cc(-c3ccc(C)c(C)c3)n[nH]2)C1. The number of nitrogens with one attached hydrogen (secondary N) is 2. The van der Waals surface area contributed by atoms with Crippen LogP contribution in [0.15, 0.2) is 24.3 Å². The molecule has 1 aliphatic rings. The van der Waals surface area contributed by atoms with Crippen LogP contribution >= 0.6 is 0 Å². The second-order valence-electron chi connectivity index (χ2n) is 7.84. The predicted octanol–water partition coefficient (Wildman–Crippen LogP) is 1.86. The lowest BCUT2D eigenvalue weighted by Gasteiger charge is -2.29. The minimum absolute atomic E-state index is 0.192. The van der Waals surface area contributed by atoms with Crippen molar-refractivity contribution in [1.82, 2.24) is 19.8 Å². The van der Waals surface area contributed by atoms with Crippen molar-refractivity contribution < 1.29 is 17.9 Å². The molecule has 0 saturated carbocycles. The van der Waals surface area contributed by atoms with Crippen molar-refractivity contribution in [3.05, 3.63) is 41.1 Å². The van der Waals surface area contributed by atoms with E-state index in [0.29, 0.717) is 43.9 Å². The van der Waals surface area contributed by atoms with Crippen LogP contribution in [0.2, 0.25) is 0 Å². The van der Waals surface area contributed by atoms with Crippen LogP contribution in [0.1, 0.15) is 34.5 Å². The van der Waals surface area contributed by atoms with Gasteiger partial charge in [-0.1, -0.05) is 12.1 Å². The van der Waals surface area contributed by atoms with Crippen LogP contribution in [0.5, 0.6) is 0 Å². The largest absolute Gasteiger partial charge is 0.385 e. The Balaban J connectivity index is 1.77. The molecular formula is C20H28N4O4S. The molecule has 1 fully saturated rings. The van der Waals surface area contributed by atoms with Gasteiger partial charge in [0, 0.05) is 32.4 Å². The van der Waals surface area contributed by atoms with E-state index in [2.05, 4.69) is 14.9 Å². The lowest BCUT2D eigenvalue weighted by atomic mass is 9.96. The van der Waals surface area contributed by atoms with Gasteiger partial charge in [-0.05, 0) is 49.9 Å². The van der Waals surface area contributed by atoms with Gasteiger partial charge >= 0.3 is 0 Å². The van der Waals surface area contributed by atoms with Crippen LogP contribution in [0.4, 0.5) is 0 Å². The molecule has 8 nitrogen and oxygen atoms in total. The highest BCUT2D eigenvalue weighted by Crippen LogP contribution is 2.28. The van der Waals surface area contributed by atoms with Crippen molar-refractivity contribution in [2.45, 2.75) is 32.2 Å². The average molecular weight is 421 g/mol. The van der Waals surface area contributed by atoms with Crippen LogP contribution in [0.25, 0.3) is 11.3 Å². The third-order valence-corrected chi connectivity index (χ3v) is 6.24. The standard InChI is InChI=1S/C20H28N4O4S/c1-14-5-6-16(11-15(14)2)17-12-18(22-21-17)19(25)24-9-7-20(13-24,8-10-28-3)23-29(4,26)27/h5-6,11-12,23H,7-10,13H2,1-4H3,(H,21,22). The molecule has 2 heterocycles. The van der Waals surface area contributed by atoms with Crippen molar-refractivity contribution in [3.8, 4) is 11.3 Å². The zero-order valence-electron chi connectivity index (χ0n) is 17.3. The second-order valence-corrected chi connectivity index (χ2v) is 9.59.